The highest BCUT2D eigenvalue weighted by Crippen LogP contribution is 2.45. The second-order valence-electron chi connectivity index (χ2n) is 7.43. The Kier molecular flexibility index (Phi) is 5.11. The van der Waals surface area contributed by atoms with Gasteiger partial charge >= 0.3 is 0 Å². The molecule has 0 unspecified atom stereocenters. The highest BCUT2D eigenvalue weighted by Gasteiger charge is 2.48. The van der Waals surface area contributed by atoms with Crippen molar-refractivity contribution in [3.05, 3.63) is 40.7 Å². The molecule has 4 rings (SSSR count). The number of likely N-dealkylation sites (tertiary alicyclic amines) is 2. The van der Waals surface area contributed by atoms with Gasteiger partial charge in [-0.05, 0) is 30.4 Å². The van der Waals surface area contributed by atoms with Crippen LogP contribution < -0.4 is 0 Å². The van der Waals surface area contributed by atoms with Crippen LogP contribution in [0.15, 0.2) is 33.7 Å². The third-order valence-electron chi connectivity index (χ3n) is 5.91. The molecule has 0 radical (unpaired) electrons. The molecule has 0 aliphatic carbocycles. The molecule has 140 valence electrons. The number of hydrogen-bond donors (Lipinski definition) is 0. The van der Waals surface area contributed by atoms with E-state index in [1.807, 2.05) is 22.4 Å². The van der Waals surface area contributed by atoms with Crippen molar-refractivity contribution < 1.29 is 13.9 Å². The minimum atomic E-state index is 0.0647. The van der Waals surface area contributed by atoms with E-state index >= 15 is 0 Å². The predicted octanol–water partition coefficient (Wildman–Crippen LogP) is 2.74. The van der Waals surface area contributed by atoms with Crippen LogP contribution >= 0.6 is 11.3 Å². The molecule has 6 nitrogen and oxygen atoms in total. The molecule has 26 heavy (non-hydrogen) atoms. The van der Waals surface area contributed by atoms with Gasteiger partial charge in [0.1, 0.15) is 11.5 Å². The second-order valence-corrected chi connectivity index (χ2v) is 8.15. The summed E-state index contributed by atoms with van der Waals surface area (Å²) >= 11 is 1.47. The normalized spacial score (nSPS) is 23.0. The zero-order valence-electron chi connectivity index (χ0n) is 15.1. The Morgan fingerprint density at radius 2 is 2.31 bits per heavy atom. The van der Waals surface area contributed by atoms with Gasteiger partial charge in [0.05, 0.1) is 24.9 Å². The van der Waals surface area contributed by atoms with E-state index < -0.39 is 0 Å². The number of nitrogens with zero attached hydrogens (tertiary/aromatic N) is 3. The molecule has 7 heteroatoms. The minimum absolute atomic E-state index is 0.0647. The Labute approximate surface area is 157 Å². The highest BCUT2D eigenvalue weighted by atomic mass is 32.1. The number of carbonyl (C=O) groups is 1. The van der Waals surface area contributed by atoms with Gasteiger partial charge < -0.3 is 14.1 Å². The van der Waals surface area contributed by atoms with Crippen LogP contribution in [0.2, 0.25) is 0 Å². The Morgan fingerprint density at radius 3 is 2.96 bits per heavy atom. The van der Waals surface area contributed by atoms with Crippen molar-refractivity contribution >= 4 is 17.2 Å². The number of aromatic nitrogens is 1. The zero-order chi connectivity index (χ0) is 18.0. The maximum absolute atomic E-state index is 12.6. The van der Waals surface area contributed by atoms with E-state index in [0.29, 0.717) is 11.6 Å². The summed E-state index contributed by atoms with van der Waals surface area (Å²) in [5.74, 6) is 1.57. The summed E-state index contributed by atoms with van der Waals surface area (Å²) in [6.07, 6.45) is 3.77. The summed E-state index contributed by atoms with van der Waals surface area (Å²) in [6.45, 7) is 5.27. The lowest BCUT2D eigenvalue weighted by Crippen LogP contribution is -2.47. The van der Waals surface area contributed by atoms with Gasteiger partial charge in [-0.3, -0.25) is 9.69 Å². The fraction of sp³-hybridized carbons (Fsp3) is 0.579. The predicted molar refractivity (Wildman–Crippen MR) is 99.0 cm³/mol. The van der Waals surface area contributed by atoms with E-state index in [1.165, 1.54) is 11.3 Å². The number of piperidine rings is 1. The number of amides is 1. The number of ether oxygens (including phenoxy) is 1. The average Bonchev–Trinajstić information content (AvgIpc) is 3.39. The van der Waals surface area contributed by atoms with Gasteiger partial charge in [0, 0.05) is 44.6 Å². The first-order valence-corrected chi connectivity index (χ1v) is 10.1. The van der Waals surface area contributed by atoms with Crippen LogP contribution in [-0.4, -0.2) is 60.6 Å². The summed E-state index contributed by atoms with van der Waals surface area (Å²) in [5, 5.41) is 1.83. The molecule has 2 aliphatic heterocycles. The van der Waals surface area contributed by atoms with Crippen molar-refractivity contribution in [1.29, 1.82) is 0 Å². The summed E-state index contributed by atoms with van der Waals surface area (Å²) in [4.78, 5) is 21.2. The molecule has 4 heterocycles. The Balaban J connectivity index is 1.42. The van der Waals surface area contributed by atoms with Crippen LogP contribution in [0.3, 0.4) is 0 Å². The van der Waals surface area contributed by atoms with Gasteiger partial charge in [-0.15, -0.1) is 11.3 Å². The standard InChI is InChI=1S/C19H25N3O3S/c1-24-11-15-9-21(10-16-3-2-8-25-16)13-19(15)4-6-22(7-5-19)18(23)17-12-26-14-20-17/h2-3,8,12,14-15H,4-7,9-11,13H2,1H3/t15-/m1/s1. The lowest BCUT2D eigenvalue weighted by molar-refractivity contribution is 0.0319. The van der Waals surface area contributed by atoms with E-state index in [9.17, 15) is 4.79 Å². The fourth-order valence-corrected chi connectivity index (χ4v) is 5.05. The van der Waals surface area contributed by atoms with Crippen molar-refractivity contribution in [3.63, 3.8) is 0 Å². The van der Waals surface area contributed by atoms with Gasteiger partial charge in [-0.1, -0.05) is 0 Å². The van der Waals surface area contributed by atoms with Gasteiger partial charge in [0.25, 0.3) is 5.91 Å². The number of thiazole rings is 1. The largest absolute Gasteiger partial charge is 0.468 e. The Hall–Kier alpha value is -1.70. The van der Waals surface area contributed by atoms with Crippen LogP contribution in [0.25, 0.3) is 0 Å². The van der Waals surface area contributed by atoms with E-state index in [-0.39, 0.29) is 11.3 Å². The van der Waals surface area contributed by atoms with Crippen LogP contribution in [0.4, 0.5) is 0 Å². The molecule has 1 amide bonds. The van der Waals surface area contributed by atoms with Gasteiger partial charge in [0.15, 0.2) is 0 Å². The number of carbonyl (C=O) groups excluding carboxylic acids is 1. The highest BCUT2D eigenvalue weighted by molar-refractivity contribution is 7.07. The van der Waals surface area contributed by atoms with E-state index in [2.05, 4.69) is 9.88 Å². The van der Waals surface area contributed by atoms with Crippen LogP contribution in [0.5, 0.6) is 0 Å². The summed E-state index contributed by atoms with van der Waals surface area (Å²) < 4.78 is 11.1. The first-order valence-electron chi connectivity index (χ1n) is 9.11. The van der Waals surface area contributed by atoms with Gasteiger partial charge in [-0.2, -0.15) is 0 Å². The molecule has 1 atom stereocenters. The molecular weight excluding hydrogens is 350 g/mol. The van der Waals surface area contributed by atoms with E-state index in [1.54, 1.807) is 18.9 Å². The quantitative estimate of drug-likeness (QED) is 0.804. The van der Waals surface area contributed by atoms with Crippen LogP contribution in [0.1, 0.15) is 29.1 Å². The third-order valence-corrected chi connectivity index (χ3v) is 6.49. The Morgan fingerprint density at radius 1 is 1.46 bits per heavy atom. The maximum atomic E-state index is 12.6. The van der Waals surface area contributed by atoms with Crippen molar-refractivity contribution in [1.82, 2.24) is 14.8 Å². The van der Waals surface area contributed by atoms with Crippen LogP contribution in [-0.2, 0) is 11.3 Å². The van der Waals surface area contributed by atoms with E-state index in [0.717, 1.165) is 57.9 Å². The topological polar surface area (TPSA) is 58.8 Å². The van der Waals surface area contributed by atoms with Crippen molar-refractivity contribution in [3.8, 4) is 0 Å². The zero-order valence-corrected chi connectivity index (χ0v) is 15.9. The molecule has 2 aromatic heterocycles. The molecule has 2 aromatic rings. The molecule has 2 saturated heterocycles. The SMILES string of the molecule is COC[C@H]1CN(Cc2ccco2)CC12CCN(C(=O)c1cscn1)CC2. The number of furan rings is 1. The molecule has 2 fully saturated rings. The average molecular weight is 375 g/mol. The molecule has 0 N–H and O–H groups in total. The Bertz CT molecular complexity index is 708. The molecule has 0 aromatic carbocycles. The summed E-state index contributed by atoms with van der Waals surface area (Å²) in [7, 11) is 1.78. The maximum Gasteiger partial charge on any atom is 0.273 e. The molecular formula is C19H25N3O3S. The van der Waals surface area contributed by atoms with Crippen molar-refractivity contribution in [2.24, 2.45) is 11.3 Å². The third kappa shape index (κ3) is 3.43. The summed E-state index contributed by atoms with van der Waals surface area (Å²) in [6, 6.07) is 3.97. The smallest absolute Gasteiger partial charge is 0.273 e. The van der Waals surface area contributed by atoms with Gasteiger partial charge in [-0.25, -0.2) is 4.98 Å². The number of hydrogen-bond acceptors (Lipinski definition) is 6. The molecule has 1 spiro atoms. The minimum Gasteiger partial charge on any atom is -0.468 e. The first-order chi connectivity index (χ1) is 12.7. The lowest BCUT2D eigenvalue weighted by Gasteiger charge is -2.42. The molecule has 2 aliphatic rings. The number of methoxy groups -OCH3 is 1. The molecule has 0 saturated carbocycles. The first kappa shape index (κ1) is 17.7. The summed E-state index contributed by atoms with van der Waals surface area (Å²) in [5.41, 5.74) is 2.52. The monoisotopic (exact) mass is 375 g/mol. The lowest BCUT2D eigenvalue weighted by atomic mass is 9.71. The molecule has 0 bridgehead atoms. The second kappa shape index (κ2) is 7.50. The number of rotatable bonds is 5. The van der Waals surface area contributed by atoms with Gasteiger partial charge in [0.2, 0.25) is 0 Å². The van der Waals surface area contributed by atoms with E-state index in [4.69, 9.17) is 9.15 Å². The van der Waals surface area contributed by atoms with Crippen molar-refractivity contribution in [2.75, 3.05) is 39.9 Å². The van der Waals surface area contributed by atoms with Crippen LogP contribution in [0, 0.1) is 11.3 Å². The van der Waals surface area contributed by atoms with Crippen molar-refractivity contribution in [2.45, 2.75) is 19.4 Å². The fourth-order valence-electron chi connectivity index (χ4n) is 4.52.